The molecule has 2 aliphatic rings. The van der Waals surface area contributed by atoms with Gasteiger partial charge in [0, 0.05) is 51.4 Å². The maximum Gasteiger partial charge on any atom is 0.223 e. The molecule has 2 rings (SSSR count). The Labute approximate surface area is 128 Å². The number of piperidine rings is 1. The number of amides is 1. The number of nitrogens with one attached hydrogen (secondary N) is 1. The van der Waals surface area contributed by atoms with Crippen LogP contribution in [0.15, 0.2) is 0 Å². The number of hydrogen-bond acceptors (Lipinski definition) is 4. The maximum atomic E-state index is 12.3. The van der Waals surface area contributed by atoms with Crippen molar-refractivity contribution in [1.29, 1.82) is 0 Å². The predicted octanol–water partition coefficient (Wildman–Crippen LogP) is 1.12. The fraction of sp³-hybridized carbons (Fsp3) is 0.938. The minimum absolute atomic E-state index is 0.147. The Morgan fingerprint density at radius 2 is 2.05 bits per heavy atom. The lowest BCUT2D eigenvalue weighted by Crippen LogP contribution is -2.47. The van der Waals surface area contributed by atoms with Gasteiger partial charge in [-0.2, -0.15) is 0 Å². The molecule has 1 saturated heterocycles. The zero-order valence-electron chi connectivity index (χ0n) is 13.4. The van der Waals surface area contributed by atoms with Gasteiger partial charge in [0.15, 0.2) is 0 Å². The molecule has 21 heavy (non-hydrogen) atoms. The van der Waals surface area contributed by atoms with Crippen molar-refractivity contribution < 1.29 is 9.53 Å². The Morgan fingerprint density at radius 1 is 1.29 bits per heavy atom. The summed E-state index contributed by atoms with van der Waals surface area (Å²) in [6.07, 6.45) is 7.26. The van der Waals surface area contributed by atoms with Crippen molar-refractivity contribution in [2.24, 2.45) is 11.7 Å². The van der Waals surface area contributed by atoms with E-state index < -0.39 is 0 Å². The van der Waals surface area contributed by atoms with Crippen LogP contribution in [0.1, 0.15) is 44.9 Å². The van der Waals surface area contributed by atoms with Gasteiger partial charge in [0.25, 0.3) is 0 Å². The second kappa shape index (κ2) is 8.71. The Balaban J connectivity index is 1.64. The number of nitrogens with two attached hydrogens (primary N) is 1. The van der Waals surface area contributed by atoms with Crippen molar-refractivity contribution in [3.05, 3.63) is 0 Å². The smallest absolute Gasteiger partial charge is 0.223 e. The van der Waals surface area contributed by atoms with E-state index in [1.807, 2.05) is 0 Å². The third-order valence-electron chi connectivity index (χ3n) is 4.84. The highest BCUT2D eigenvalue weighted by Crippen LogP contribution is 2.23. The number of likely N-dealkylation sites (tertiary alicyclic amines) is 1. The first-order valence-electron chi connectivity index (χ1n) is 8.46. The summed E-state index contributed by atoms with van der Waals surface area (Å²) in [6.45, 7) is 4.10. The van der Waals surface area contributed by atoms with Crippen LogP contribution in [0.4, 0.5) is 0 Å². The third-order valence-corrected chi connectivity index (χ3v) is 4.84. The molecule has 0 aromatic carbocycles. The van der Waals surface area contributed by atoms with Crippen molar-refractivity contribution in [1.82, 2.24) is 10.2 Å². The molecule has 1 heterocycles. The van der Waals surface area contributed by atoms with Crippen LogP contribution in [0.2, 0.25) is 0 Å². The van der Waals surface area contributed by atoms with Gasteiger partial charge < -0.3 is 20.7 Å². The fourth-order valence-electron chi connectivity index (χ4n) is 3.52. The molecule has 0 spiro atoms. The van der Waals surface area contributed by atoms with E-state index in [0.717, 1.165) is 71.2 Å². The SMILES string of the molecule is COCCCN1CCC(NC(=O)C2CCCC(N)C2)CC1. The minimum Gasteiger partial charge on any atom is -0.385 e. The molecule has 0 radical (unpaired) electrons. The topological polar surface area (TPSA) is 67.6 Å². The van der Waals surface area contributed by atoms with Gasteiger partial charge in [0.05, 0.1) is 0 Å². The van der Waals surface area contributed by atoms with Crippen LogP contribution >= 0.6 is 0 Å². The molecular weight excluding hydrogens is 266 g/mol. The average molecular weight is 297 g/mol. The molecule has 1 saturated carbocycles. The van der Waals surface area contributed by atoms with Gasteiger partial charge in [-0.05, 0) is 38.5 Å². The first-order valence-corrected chi connectivity index (χ1v) is 8.46. The molecule has 2 unspecified atom stereocenters. The number of ether oxygens (including phenoxy) is 1. The molecule has 0 aromatic rings. The highest BCUT2D eigenvalue weighted by atomic mass is 16.5. The molecule has 1 aliphatic carbocycles. The van der Waals surface area contributed by atoms with Crippen LogP contribution < -0.4 is 11.1 Å². The van der Waals surface area contributed by atoms with E-state index in [2.05, 4.69) is 10.2 Å². The largest absolute Gasteiger partial charge is 0.385 e. The number of methoxy groups -OCH3 is 1. The highest BCUT2D eigenvalue weighted by Gasteiger charge is 2.28. The lowest BCUT2D eigenvalue weighted by atomic mass is 9.85. The Kier molecular flexibility index (Phi) is 6.93. The zero-order valence-corrected chi connectivity index (χ0v) is 13.4. The van der Waals surface area contributed by atoms with E-state index in [1.165, 1.54) is 0 Å². The molecule has 5 heteroatoms. The Bertz CT molecular complexity index is 317. The maximum absolute atomic E-state index is 12.3. The highest BCUT2D eigenvalue weighted by molar-refractivity contribution is 5.79. The standard InChI is InChI=1S/C16H31N3O2/c1-21-11-3-8-19-9-6-15(7-10-19)18-16(20)13-4-2-5-14(17)12-13/h13-15H,2-12,17H2,1H3,(H,18,20). The molecule has 122 valence electrons. The molecule has 5 nitrogen and oxygen atoms in total. The van der Waals surface area contributed by atoms with Gasteiger partial charge in [-0.1, -0.05) is 6.42 Å². The number of carbonyl (C=O) groups excluding carboxylic acids is 1. The number of nitrogens with zero attached hydrogens (tertiary/aromatic N) is 1. The van der Waals surface area contributed by atoms with E-state index in [9.17, 15) is 4.79 Å². The summed E-state index contributed by atoms with van der Waals surface area (Å²) >= 11 is 0. The van der Waals surface area contributed by atoms with E-state index in [0.29, 0.717) is 6.04 Å². The first-order chi connectivity index (χ1) is 10.2. The predicted molar refractivity (Wildman–Crippen MR) is 84.0 cm³/mol. The van der Waals surface area contributed by atoms with Crippen molar-refractivity contribution in [2.75, 3.05) is 33.4 Å². The zero-order chi connectivity index (χ0) is 15.1. The van der Waals surface area contributed by atoms with Gasteiger partial charge in [0.2, 0.25) is 5.91 Å². The van der Waals surface area contributed by atoms with Crippen LogP contribution in [-0.4, -0.2) is 56.2 Å². The number of hydrogen-bond donors (Lipinski definition) is 2. The molecule has 3 N–H and O–H groups in total. The van der Waals surface area contributed by atoms with Gasteiger partial charge in [-0.3, -0.25) is 4.79 Å². The summed E-state index contributed by atoms with van der Waals surface area (Å²) < 4.78 is 5.09. The van der Waals surface area contributed by atoms with Crippen LogP contribution in [0, 0.1) is 5.92 Å². The van der Waals surface area contributed by atoms with Crippen molar-refractivity contribution in [3.63, 3.8) is 0 Å². The lowest BCUT2D eigenvalue weighted by Gasteiger charge is -2.34. The van der Waals surface area contributed by atoms with Gasteiger partial charge >= 0.3 is 0 Å². The summed E-state index contributed by atoms with van der Waals surface area (Å²) in [5, 5.41) is 3.25. The number of rotatable bonds is 6. The summed E-state index contributed by atoms with van der Waals surface area (Å²) in [4.78, 5) is 14.8. The molecule has 0 bridgehead atoms. The van der Waals surface area contributed by atoms with Crippen LogP contribution in [0.3, 0.4) is 0 Å². The Hall–Kier alpha value is -0.650. The molecule has 2 fully saturated rings. The van der Waals surface area contributed by atoms with Gasteiger partial charge in [0.1, 0.15) is 0 Å². The van der Waals surface area contributed by atoms with E-state index in [-0.39, 0.29) is 17.9 Å². The molecule has 0 aromatic heterocycles. The monoisotopic (exact) mass is 297 g/mol. The quantitative estimate of drug-likeness (QED) is 0.721. The van der Waals surface area contributed by atoms with Crippen LogP contribution in [-0.2, 0) is 9.53 Å². The normalized spacial score (nSPS) is 28.5. The van der Waals surface area contributed by atoms with E-state index >= 15 is 0 Å². The minimum atomic E-state index is 0.147. The molecular formula is C16H31N3O2. The van der Waals surface area contributed by atoms with Crippen molar-refractivity contribution >= 4 is 5.91 Å². The second-order valence-electron chi connectivity index (χ2n) is 6.59. The van der Waals surface area contributed by atoms with E-state index in [4.69, 9.17) is 10.5 Å². The fourth-order valence-corrected chi connectivity index (χ4v) is 3.52. The lowest BCUT2D eigenvalue weighted by molar-refractivity contribution is -0.127. The summed E-state index contributed by atoms with van der Waals surface area (Å²) in [5.74, 6) is 0.386. The van der Waals surface area contributed by atoms with E-state index in [1.54, 1.807) is 7.11 Å². The molecule has 1 amide bonds. The summed E-state index contributed by atoms with van der Waals surface area (Å²) in [6, 6.07) is 0.575. The molecule has 1 aliphatic heterocycles. The van der Waals surface area contributed by atoms with Crippen molar-refractivity contribution in [2.45, 2.75) is 57.0 Å². The Morgan fingerprint density at radius 3 is 2.71 bits per heavy atom. The van der Waals surface area contributed by atoms with Gasteiger partial charge in [-0.15, -0.1) is 0 Å². The van der Waals surface area contributed by atoms with Crippen molar-refractivity contribution in [3.8, 4) is 0 Å². The van der Waals surface area contributed by atoms with Crippen LogP contribution in [0.25, 0.3) is 0 Å². The number of carbonyl (C=O) groups is 1. The van der Waals surface area contributed by atoms with Crippen LogP contribution in [0.5, 0.6) is 0 Å². The third kappa shape index (κ3) is 5.57. The summed E-state index contributed by atoms with van der Waals surface area (Å²) in [7, 11) is 1.75. The summed E-state index contributed by atoms with van der Waals surface area (Å²) in [5.41, 5.74) is 5.98. The molecule has 2 atom stereocenters. The average Bonchev–Trinajstić information content (AvgIpc) is 2.49. The first kappa shape index (κ1) is 16.7. The second-order valence-corrected chi connectivity index (χ2v) is 6.59. The van der Waals surface area contributed by atoms with Gasteiger partial charge in [-0.25, -0.2) is 0 Å².